The molecule has 0 unspecified atom stereocenters. The highest BCUT2D eigenvalue weighted by Crippen LogP contribution is 2.36. The van der Waals surface area contributed by atoms with Gasteiger partial charge in [-0.1, -0.05) is 78.4 Å². The molecule has 3 nitrogen and oxygen atoms in total. The van der Waals surface area contributed by atoms with Crippen molar-refractivity contribution in [1.29, 1.82) is 0 Å². The minimum Gasteiger partial charge on any atom is -0.385 e. The Morgan fingerprint density at radius 2 is 1.30 bits per heavy atom. The smallest absolute Gasteiger partial charge is 0.0920 e. The highest BCUT2D eigenvalue weighted by Gasteiger charge is 2.33. The molecule has 0 amide bonds. The van der Waals surface area contributed by atoms with E-state index >= 15 is 0 Å². The van der Waals surface area contributed by atoms with Gasteiger partial charge in [0.2, 0.25) is 0 Å². The molecule has 2 heterocycles. The number of aliphatic hydroxyl groups is 1. The maximum atomic E-state index is 11.2. The van der Waals surface area contributed by atoms with Crippen LogP contribution in [0.25, 0.3) is 12.2 Å². The Bertz CT molecular complexity index is 1050. The average Bonchev–Trinajstić information content (AvgIpc) is 2.98. The summed E-state index contributed by atoms with van der Waals surface area (Å²) in [6.07, 6.45) is 7.14. The molecule has 0 radical (unpaired) electrons. The number of nitrogens with zero attached hydrogens (tertiary/aromatic N) is 2. The van der Waals surface area contributed by atoms with E-state index in [1.54, 1.807) is 0 Å². The van der Waals surface area contributed by atoms with Crippen LogP contribution in [0.2, 0.25) is 0 Å². The van der Waals surface area contributed by atoms with Crippen molar-refractivity contribution in [2.75, 3.05) is 31.1 Å². The Morgan fingerprint density at radius 1 is 0.758 bits per heavy atom. The minimum atomic E-state index is -0.682. The molecule has 2 aliphatic heterocycles. The highest BCUT2D eigenvalue weighted by molar-refractivity contribution is 5.88. The van der Waals surface area contributed by atoms with E-state index in [-0.39, 0.29) is 12.4 Å². The number of para-hydroxylation sites is 2. The van der Waals surface area contributed by atoms with E-state index in [2.05, 4.69) is 102 Å². The van der Waals surface area contributed by atoms with E-state index in [4.69, 9.17) is 0 Å². The zero-order chi connectivity index (χ0) is 22.0. The first kappa shape index (κ1) is 23.6. The Balaban J connectivity index is 0.00000259. The van der Waals surface area contributed by atoms with Crippen LogP contribution in [0.5, 0.6) is 0 Å². The number of aryl methyl sites for hydroxylation is 1. The summed E-state index contributed by atoms with van der Waals surface area (Å²) in [5, 5.41) is 11.2. The second-order valence-electron chi connectivity index (χ2n) is 9.20. The Morgan fingerprint density at radius 3 is 1.88 bits per heavy atom. The van der Waals surface area contributed by atoms with Crippen molar-refractivity contribution >= 4 is 35.9 Å². The van der Waals surface area contributed by atoms with Crippen molar-refractivity contribution in [2.45, 2.75) is 31.8 Å². The van der Waals surface area contributed by atoms with Crippen molar-refractivity contribution in [3.8, 4) is 0 Å². The zero-order valence-corrected chi connectivity index (χ0v) is 20.1. The van der Waals surface area contributed by atoms with Gasteiger partial charge in [-0.3, -0.25) is 0 Å². The van der Waals surface area contributed by atoms with Gasteiger partial charge in [-0.25, -0.2) is 0 Å². The molecule has 2 aliphatic rings. The molecule has 5 rings (SSSR count). The normalized spacial score (nSPS) is 17.0. The lowest BCUT2D eigenvalue weighted by atomic mass is 9.84. The second-order valence-corrected chi connectivity index (χ2v) is 9.20. The lowest BCUT2D eigenvalue weighted by molar-refractivity contribution is -0.0258. The van der Waals surface area contributed by atoms with E-state index in [0.717, 1.165) is 51.0 Å². The molecule has 0 aliphatic carbocycles. The molecule has 1 saturated heterocycles. The lowest BCUT2D eigenvalue weighted by Gasteiger charge is -2.39. The van der Waals surface area contributed by atoms with Gasteiger partial charge in [0.25, 0.3) is 0 Å². The van der Waals surface area contributed by atoms with Crippen LogP contribution in [0.15, 0.2) is 72.8 Å². The van der Waals surface area contributed by atoms with Gasteiger partial charge in [-0.15, -0.1) is 12.4 Å². The molecule has 4 heteroatoms. The molecule has 0 spiro atoms. The van der Waals surface area contributed by atoms with Gasteiger partial charge < -0.3 is 14.9 Å². The SMILES string of the molecule is Cc1ccc(C2(O)CCN(CCCN3c4ccccc4C=Cc4ccccc43)CC2)cc1.Cl. The fraction of sp³-hybridized carbons (Fsp3) is 0.310. The number of hydrogen-bond donors (Lipinski definition) is 1. The first-order valence-corrected chi connectivity index (χ1v) is 11.8. The van der Waals surface area contributed by atoms with Crippen molar-refractivity contribution in [1.82, 2.24) is 4.90 Å². The average molecular weight is 461 g/mol. The van der Waals surface area contributed by atoms with Crippen molar-refractivity contribution in [3.63, 3.8) is 0 Å². The molecule has 0 aromatic heterocycles. The van der Waals surface area contributed by atoms with Gasteiger partial charge in [0, 0.05) is 31.0 Å². The molecule has 172 valence electrons. The second kappa shape index (κ2) is 10.1. The predicted octanol–water partition coefficient (Wildman–Crippen LogP) is 6.41. The van der Waals surface area contributed by atoms with Crippen LogP contribution in [0, 0.1) is 6.92 Å². The number of anilines is 2. The van der Waals surface area contributed by atoms with Crippen molar-refractivity contribution < 1.29 is 5.11 Å². The number of fused-ring (bicyclic) bond motifs is 2. The molecule has 0 bridgehead atoms. The highest BCUT2D eigenvalue weighted by atomic mass is 35.5. The maximum absolute atomic E-state index is 11.2. The molecule has 1 fully saturated rings. The van der Waals surface area contributed by atoms with Crippen LogP contribution in [0.1, 0.15) is 41.5 Å². The fourth-order valence-electron chi connectivity index (χ4n) is 5.05. The maximum Gasteiger partial charge on any atom is 0.0920 e. The summed E-state index contributed by atoms with van der Waals surface area (Å²) in [4.78, 5) is 4.98. The molecular weight excluding hydrogens is 428 g/mol. The quantitative estimate of drug-likeness (QED) is 0.476. The largest absolute Gasteiger partial charge is 0.385 e. The molecule has 3 aromatic carbocycles. The standard InChI is InChI=1S/C29H32N2O.ClH/c1-23-11-15-26(16-12-23)29(32)17-21-30(22-18-29)19-6-20-31-27-9-4-2-7-24(27)13-14-25-8-3-5-10-28(25)31;/h2-5,7-16,32H,6,17-22H2,1H3;1H. The summed E-state index contributed by atoms with van der Waals surface area (Å²) in [6, 6.07) is 25.7. The van der Waals surface area contributed by atoms with Crippen molar-refractivity contribution in [3.05, 3.63) is 95.1 Å². The Labute approximate surface area is 203 Å². The van der Waals surface area contributed by atoms with Crippen LogP contribution in [0.4, 0.5) is 11.4 Å². The van der Waals surface area contributed by atoms with Crippen LogP contribution < -0.4 is 4.90 Å². The van der Waals surface area contributed by atoms with Crippen LogP contribution >= 0.6 is 12.4 Å². The van der Waals surface area contributed by atoms with Gasteiger partial charge >= 0.3 is 0 Å². The molecule has 0 atom stereocenters. The van der Waals surface area contributed by atoms with Crippen molar-refractivity contribution in [2.24, 2.45) is 0 Å². The Hall–Kier alpha value is -2.59. The van der Waals surface area contributed by atoms with Gasteiger partial charge in [0.1, 0.15) is 0 Å². The fourth-order valence-corrected chi connectivity index (χ4v) is 5.05. The van der Waals surface area contributed by atoms with Gasteiger partial charge in [0.05, 0.1) is 5.60 Å². The number of likely N-dealkylation sites (tertiary alicyclic amines) is 1. The monoisotopic (exact) mass is 460 g/mol. The summed E-state index contributed by atoms with van der Waals surface area (Å²) in [7, 11) is 0. The Kier molecular flexibility index (Phi) is 7.23. The minimum absolute atomic E-state index is 0. The summed E-state index contributed by atoms with van der Waals surface area (Å²) >= 11 is 0. The third-order valence-electron chi connectivity index (χ3n) is 7.03. The summed E-state index contributed by atoms with van der Waals surface area (Å²) in [6.45, 7) is 6.01. The molecular formula is C29H33ClN2O. The van der Waals surface area contributed by atoms with E-state index in [1.165, 1.54) is 28.1 Å². The van der Waals surface area contributed by atoms with Crippen LogP contribution in [0.3, 0.4) is 0 Å². The first-order valence-electron chi connectivity index (χ1n) is 11.8. The summed E-state index contributed by atoms with van der Waals surface area (Å²) in [5.74, 6) is 0. The summed E-state index contributed by atoms with van der Waals surface area (Å²) in [5.41, 5.74) is 6.71. The van der Waals surface area contributed by atoms with Crippen LogP contribution in [-0.2, 0) is 5.60 Å². The van der Waals surface area contributed by atoms with E-state index in [1.807, 2.05) is 0 Å². The van der Waals surface area contributed by atoms with Gasteiger partial charge in [-0.05, 0) is 61.6 Å². The predicted molar refractivity (Wildman–Crippen MR) is 141 cm³/mol. The third kappa shape index (κ3) is 5.01. The van der Waals surface area contributed by atoms with E-state index < -0.39 is 5.60 Å². The lowest BCUT2D eigenvalue weighted by Crippen LogP contribution is -2.43. The third-order valence-corrected chi connectivity index (χ3v) is 7.03. The van der Waals surface area contributed by atoms with E-state index in [9.17, 15) is 5.11 Å². The van der Waals surface area contributed by atoms with E-state index in [0.29, 0.717) is 0 Å². The first-order chi connectivity index (χ1) is 15.6. The number of rotatable bonds is 5. The number of halogens is 1. The zero-order valence-electron chi connectivity index (χ0n) is 19.3. The topological polar surface area (TPSA) is 26.7 Å². The van der Waals surface area contributed by atoms with Crippen LogP contribution in [-0.4, -0.2) is 36.2 Å². The molecule has 3 aromatic rings. The molecule has 0 saturated carbocycles. The molecule has 1 N–H and O–H groups in total. The summed E-state index contributed by atoms with van der Waals surface area (Å²) < 4.78 is 0. The number of hydrogen-bond acceptors (Lipinski definition) is 3. The van der Waals surface area contributed by atoms with Gasteiger partial charge in [0.15, 0.2) is 0 Å². The molecule has 33 heavy (non-hydrogen) atoms. The van der Waals surface area contributed by atoms with Gasteiger partial charge in [-0.2, -0.15) is 0 Å². The number of piperidine rings is 1. The number of benzene rings is 3.